The molecule has 1 amide bonds. The number of piperidine rings is 1. The molecule has 0 aliphatic carbocycles. The van der Waals surface area contributed by atoms with Crippen molar-refractivity contribution in [2.75, 3.05) is 37.4 Å². The van der Waals surface area contributed by atoms with Crippen molar-refractivity contribution >= 4 is 23.2 Å². The number of anilines is 3. The number of hydrogen-bond donors (Lipinski definition) is 2. The number of aromatic nitrogens is 3. The highest BCUT2D eigenvalue weighted by molar-refractivity contribution is 5.93. The molecule has 1 aliphatic heterocycles. The number of carbonyl (C=O) groups excluding carboxylic acids is 1. The average Bonchev–Trinajstić information content (AvgIpc) is 2.82. The summed E-state index contributed by atoms with van der Waals surface area (Å²) in [6.07, 6.45) is 2.89. The van der Waals surface area contributed by atoms with Crippen LogP contribution in [-0.4, -0.2) is 52.5 Å². The number of pyridine rings is 1. The molecule has 1 aliphatic rings. The monoisotopic (exact) mass is 464 g/mol. The van der Waals surface area contributed by atoms with Crippen molar-refractivity contribution in [1.29, 1.82) is 0 Å². The number of carbonyl (C=O) groups is 1. The Balaban J connectivity index is 1.33. The molecule has 0 radical (unpaired) electrons. The number of methoxy groups -OCH3 is 1. The van der Waals surface area contributed by atoms with E-state index in [2.05, 4.69) is 30.5 Å². The third-order valence-corrected chi connectivity index (χ3v) is 5.89. The zero-order valence-electron chi connectivity index (χ0n) is 19.6. The molecule has 0 atom stereocenters. The minimum Gasteiger partial charge on any atom is -0.497 e. The lowest BCUT2D eigenvalue weighted by Crippen LogP contribution is -2.39. The predicted octanol–water partition coefficient (Wildman–Crippen LogP) is 4.20. The molecule has 2 aromatic heterocycles. The van der Waals surface area contributed by atoms with Gasteiger partial charge in [0, 0.05) is 29.4 Å². The predicted molar refractivity (Wildman–Crippen MR) is 129 cm³/mol. The van der Waals surface area contributed by atoms with Crippen LogP contribution in [0.15, 0.2) is 42.6 Å². The molecule has 0 spiro atoms. The minimum atomic E-state index is -0.385. The Morgan fingerprint density at radius 2 is 1.91 bits per heavy atom. The molecule has 1 fully saturated rings. The Morgan fingerprint density at radius 1 is 1.12 bits per heavy atom. The fourth-order valence-electron chi connectivity index (χ4n) is 4.02. The molecule has 0 saturated carbocycles. The van der Waals surface area contributed by atoms with Crippen LogP contribution < -0.4 is 15.4 Å². The first kappa shape index (κ1) is 23.6. The van der Waals surface area contributed by atoms with Crippen LogP contribution in [0.5, 0.6) is 5.75 Å². The lowest BCUT2D eigenvalue weighted by molar-refractivity contribution is -0.117. The maximum absolute atomic E-state index is 13.1. The highest BCUT2D eigenvalue weighted by atomic mass is 19.1. The van der Waals surface area contributed by atoms with Crippen LogP contribution in [0.4, 0.5) is 21.7 Å². The number of hydrogen-bond acceptors (Lipinski definition) is 7. The van der Waals surface area contributed by atoms with Crippen LogP contribution >= 0.6 is 0 Å². The third kappa shape index (κ3) is 6.05. The summed E-state index contributed by atoms with van der Waals surface area (Å²) in [5.74, 6) is 2.44. The first-order valence-electron chi connectivity index (χ1n) is 11.3. The van der Waals surface area contributed by atoms with E-state index in [9.17, 15) is 9.18 Å². The van der Waals surface area contributed by atoms with Crippen molar-refractivity contribution in [3.05, 3.63) is 65.5 Å². The smallest absolute Gasteiger partial charge is 0.238 e. The van der Waals surface area contributed by atoms with E-state index in [1.165, 1.54) is 12.3 Å². The molecule has 1 aromatic carbocycles. The molecule has 0 bridgehead atoms. The summed E-state index contributed by atoms with van der Waals surface area (Å²) < 4.78 is 18.4. The van der Waals surface area contributed by atoms with E-state index in [-0.39, 0.29) is 17.6 Å². The number of aryl methyl sites for hydroxylation is 2. The van der Waals surface area contributed by atoms with Gasteiger partial charge in [-0.25, -0.2) is 19.3 Å². The van der Waals surface area contributed by atoms with Crippen LogP contribution in [0.1, 0.15) is 35.8 Å². The second-order valence-electron chi connectivity index (χ2n) is 8.52. The van der Waals surface area contributed by atoms with E-state index < -0.39 is 0 Å². The van der Waals surface area contributed by atoms with Gasteiger partial charge in [-0.15, -0.1) is 0 Å². The number of likely N-dealkylation sites (tertiary alicyclic amines) is 1. The van der Waals surface area contributed by atoms with Crippen molar-refractivity contribution in [1.82, 2.24) is 19.9 Å². The van der Waals surface area contributed by atoms with Gasteiger partial charge in [0.25, 0.3) is 0 Å². The van der Waals surface area contributed by atoms with E-state index in [4.69, 9.17) is 4.74 Å². The average molecular weight is 465 g/mol. The zero-order chi connectivity index (χ0) is 24.1. The van der Waals surface area contributed by atoms with Crippen molar-refractivity contribution in [3.63, 3.8) is 0 Å². The van der Waals surface area contributed by atoms with E-state index in [1.807, 2.05) is 38.1 Å². The molecule has 2 N–H and O–H groups in total. The largest absolute Gasteiger partial charge is 0.497 e. The van der Waals surface area contributed by atoms with Crippen LogP contribution in [0.25, 0.3) is 0 Å². The fraction of sp³-hybridized carbons (Fsp3) is 0.360. The second kappa shape index (κ2) is 10.6. The van der Waals surface area contributed by atoms with Gasteiger partial charge < -0.3 is 15.4 Å². The Hall–Kier alpha value is -3.59. The van der Waals surface area contributed by atoms with Gasteiger partial charge in [-0.1, -0.05) is 6.07 Å². The molecule has 8 nitrogen and oxygen atoms in total. The van der Waals surface area contributed by atoms with Crippen molar-refractivity contribution in [2.45, 2.75) is 32.6 Å². The summed E-state index contributed by atoms with van der Waals surface area (Å²) in [6.45, 7) is 5.79. The second-order valence-corrected chi connectivity index (χ2v) is 8.52. The number of benzene rings is 1. The summed E-state index contributed by atoms with van der Waals surface area (Å²) in [4.78, 5) is 28.1. The summed E-state index contributed by atoms with van der Waals surface area (Å²) in [5, 5.41) is 6.11. The highest BCUT2D eigenvalue weighted by Gasteiger charge is 2.24. The number of rotatable bonds is 7. The number of ether oxygens (including phenoxy) is 1. The minimum absolute atomic E-state index is 0.0418. The Morgan fingerprint density at radius 3 is 2.62 bits per heavy atom. The van der Waals surface area contributed by atoms with Gasteiger partial charge in [-0.2, -0.15) is 0 Å². The van der Waals surface area contributed by atoms with E-state index in [0.717, 1.165) is 48.7 Å². The summed E-state index contributed by atoms with van der Waals surface area (Å²) in [6, 6.07) is 10.4. The molecular formula is C25H29FN6O2. The molecule has 4 rings (SSSR count). The molecule has 178 valence electrons. The molecule has 34 heavy (non-hydrogen) atoms. The number of halogens is 1. The lowest BCUT2D eigenvalue weighted by atomic mass is 9.96. The van der Waals surface area contributed by atoms with E-state index in [1.54, 1.807) is 13.2 Å². The highest BCUT2D eigenvalue weighted by Crippen LogP contribution is 2.27. The molecule has 9 heteroatoms. The fourth-order valence-corrected chi connectivity index (χ4v) is 4.02. The summed E-state index contributed by atoms with van der Waals surface area (Å²) in [7, 11) is 1.61. The normalized spacial score (nSPS) is 14.6. The zero-order valence-corrected chi connectivity index (χ0v) is 19.6. The molecule has 3 aromatic rings. The summed E-state index contributed by atoms with van der Waals surface area (Å²) >= 11 is 0. The molecular weight excluding hydrogens is 435 g/mol. The Kier molecular flexibility index (Phi) is 7.32. The van der Waals surface area contributed by atoms with Gasteiger partial charge in [0.1, 0.15) is 29.0 Å². The number of nitrogens with one attached hydrogen (secondary N) is 2. The van der Waals surface area contributed by atoms with Crippen molar-refractivity contribution in [2.24, 2.45) is 0 Å². The van der Waals surface area contributed by atoms with E-state index in [0.29, 0.717) is 23.9 Å². The Bertz CT molecular complexity index is 1150. The maximum Gasteiger partial charge on any atom is 0.238 e. The SMILES string of the molecule is COc1ccc(C)c(NC(=O)CN2CCC(c3nc(C)cc(Nc4ccc(F)cn4)n3)CC2)c1. The maximum atomic E-state index is 13.1. The van der Waals surface area contributed by atoms with Crippen LogP contribution in [0.3, 0.4) is 0 Å². The summed E-state index contributed by atoms with van der Waals surface area (Å²) in [5.41, 5.74) is 2.61. The lowest BCUT2D eigenvalue weighted by Gasteiger charge is -2.31. The Labute approximate surface area is 198 Å². The van der Waals surface area contributed by atoms with Crippen LogP contribution in [0, 0.1) is 19.7 Å². The van der Waals surface area contributed by atoms with Gasteiger partial charge in [0.2, 0.25) is 5.91 Å². The van der Waals surface area contributed by atoms with Gasteiger partial charge in [0.15, 0.2) is 0 Å². The van der Waals surface area contributed by atoms with Crippen molar-refractivity contribution in [3.8, 4) is 5.75 Å². The quantitative estimate of drug-likeness (QED) is 0.541. The van der Waals surface area contributed by atoms with Gasteiger partial charge in [-0.05, 0) is 63.5 Å². The molecule has 0 unspecified atom stereocenters. The first-order chi connectivity index (χ1) is 16.4. The van der Waals surface area contributed by atoms with Gasteiger partial charge in [0.05, 0.1) is 19.9 Å². The van der Waals surface area contributed by atoms with Crippen molar-refractivity contribution < 1.29 is 13.9 Å². The third-order valence-electron chi connectivity index (χ3n) is 5.89. The molecule has 1 saturated heterocycles. The van der Waals surface area contributed by atoms with Gasteiger partial charge >= 0.3 is 0 Å². The topological polar surface area (TPSA) is 92.3 Å². The number of amides is 1. The molecule has 3 heterocycles. The van der Waals surface area contributed by atoms with Crippen LogP contribution in [0.2, 0.25) is 0 Å². The standard InChI is InChI=1S/C25H29FN6O2/c1-16-4-6-20(34-3)13-21(16)29-24(33)15-32-10-8-18(9-11-32)25-28-17(2)12-23(31-25)30-22-7-5-19(26)14-27-22/h4-7,12-14,18H,8-11,15H2,1-3H3,(H,29,33)(H,27,28,30,31). The number of nitrogens with zero attached hydrogens (tertiary/aromatic N) is 4. The van der Waals surface area contributed by atoms with Gasteiger partial charge in [-0.3, -0.25) is 9.69 Å². The van der Waals surface area contributed by atoms with Crippen LogP contribution in [-0.2, 0) is 4.79 Å². The van der Waals surface area contributed by atoms with E-state index >= 15 is 0 Å². The first-order valence-corrected chi connectivity index (χ1v) is 11.3.